The molecule has 0 spiro atoms. The zero-order chi connectivity index (χ0) is 13.7. The van der Waals surface area contributed by atoms with Crippen LogP contribution >= 0.6 is 0 Å². The summed E-state index contributed by atoms with van der Waals surface area (Å²) in [7, 11) is 0. The largest absolute Gasteiger partial charge is 0.462 e. The summed E-state index contributed by atoms with van der Waals surface area (Å²) in [6.45, 7) is 5.95. The lowest BCUT2D eigenvalue weighted by Gasteiger charge is -2.37. The SMILES string of the molecule is C=CCC(=O)O[C@H]1CC[C@H]([C@H]2CC[C@H](C)CC2)CC1. The summed E-state index contributed by atoms with van der Waals surface area (Å²) in [5.74, 6) is 2.67. The molecule has 0 unspecified atom stereocenters. The second kappa shape index (κ2) is 7.12. The Hall–Kier alpha value is -0.790. The predicted molar refractivity (Wildman–Crippen MR) is 77.8 cm³/mol. The third kappa shape index (κ3) is 4.36. The molecule has 2 fully saturated rings. The molecule has 0 atom stereocenters. The zero-order valence-corrected chi connectivity index (χ0v) is 12.3. The van der Waals surface area contributed by atoms with E-state index in [0.717, 1.165) is 30.6 Å². The average Bonchev–Trinajstić information content (AvgIpc) is 2.41. The Balaban J connectivity index is 1.70. The molecule has 0 aromatic carbocycles. The fourth-order valence-corrected chi connectivity index (χ4v) is 3.79. The number of ether oxygens (including phenoxy) is 1. The van der Waals surface area contributed by atoms with Gasteiger partial charge in [-0.25, -0.2) is 0 Å². The summed E-state index contributed by atoms with van der Waals surface area (Å²) in [5, 5.41) is 0. The van der Waals surface area contributed by atoms with Crippen LogP contribution in [-0.4, -0.2) is 12.1 Å². The van der Waals surface area contributed by atoms with Gasteiger partial charge in [0, 0.05) is 0 Å². The van der Waals surface area contributed by atoms with Gasteiger partial charge in [-0.15, -0.1) is 6.58 Å². The van der Waals surface area contributed by atoms with E-state index >= 15 is 0 Å². The first-order valence-electron chi connectivity index (χ1n) is 7.99. The smallest absolute Gasteiger partial charge is 0.309 e. The fraction of sp³-hybridized carbons (Fsp3) is 0.824. The highest BCUT2D eigenvalue weighted by Crippen LogP contribution is 2.40. The third-order valence-electron chi connectivity index (χ3n) is 5.06. The summed E-state index contributed by atoms with van der Waals surface area (Å²) in [4.78, 5) is 11.4. The quantitative estimate of drug-likeness (QED) is 0.552. The first kappa shape index (κ1) is 14.6. The van der Waals surface area contributed by atoms with E-state index in [-0.39, 0.29) is 12.1 Å². The van der Waals surface area contributed by atoms with Crippen molar-refractivity contribution >= 4 is 5.97 Å². The highest BCUT2D eigenvalue weighted by Gasteiger charge is 2.30. The van der Waals surface area contributed by atoms with Crippen LogP contribution in [0.25, 0.3) is 0 Å². The minimum absolute atomic E-state index is 0.107. The lowest BCUT2D eigenvalue weighted by atomic mass is 9.71. The Morgan fingerprint density at radius 1 is 1.05 bits per heavy atom. The normalized spacial score (nSPS) is 35.6. The molecule has 2 saturated carbocycles. The number of rotatable bonds is 4. The topological polar surface area (TPSA) is 26.3 Å². The van der Waals surface area contributed by atoms with Crippen LogP contribution in [0, 0.1) is 17.8 Å². The monoisotopic (exact) mass is 264 g/mol. The van der Waals surface area contributed by atoms with Gasteiger partial charge in [0.1, 0.15) is 6.10 Å². The van der Waals surface area contributed by atoms with Crippen molar-refractivity contribution in [3.63, 3.8) is 0 Å². The van der Waals surface area contributed by atoms with Gasteiger partial charge in [0.05, 0.1) is 6.42 Å². The van der Waals surface area contributed by atoms with Crippen LogP contribution < -0.4 is 0 Å². The molecule has 2 aliphatic carbocycles. The maximum atomic E-state index is 11.4. The Morgan fingerprint density at radius 3 is 2.11 bits per heavy atom. The maximum absolute atomic E-state index is 11.4. The van der Waals surface area contributed by atoms with Crippen LogP contribution in [0.4, 0.5) is 0 Å². The first-order valence-corrected chi connectivity index (χ1v) is 7.99. The lowest BCUT2D eigenvalue weighted by Crippen LogP contribution is -2.29. The maximum Gasteiger partial charge on any atom is 0.309 e. The Kier molecular flexibility index (Phi) is 5.47. The second-order valence-electron chi connectivity index (χ2n) is 6.54. The number of hydrogen-bond acceptors (Lipinski definition) is 2. The Labute approximate surface area is 117 Å². The van der Waals surface area contributed by atoms with E-state index in [4.69, 9.17) is 4.74 Å². The van der Waals surface area contributed by atoms with Crippen molar-refractivity contribution in [3.05, 3.63) is 12.7 Å². The number of esters is 1. The van der Waals surface area contributed by atoms with Crippen molar-refractivity contribution in [3.8, 4) is 0 Å². The lowest BCUT2D eigenvalue weighted by molar-refractivity contribution is -0.150. The molecule has 2 heteroatoms. The van der Waals surface area contributed by atoms with Gasteiger partial charge >= 0.3 is 5.97 Å². The van der Waals surface area contributed by atoms with E-state index in [9.17, 15) is 4.79 Å². The van der Waals surface area contributed by atoms with Crippen molar-refractivity contribution in [1.29, 1.82) is 0 Å². The van der Waals surface area contributed by atoms with E-state index < -0.39 is 0 Å². The van der Waals surface area contributed by atoms with Crippen molar-refractivity contribution in [1.82, 2.24) is 0 Å². The third-order valence-corrected chi connectivity index (χ3v) is 5.06. The molecule has 0 aromatic rings. The van der Waals surface area contributed by atoms with Crippen LogP contribution in [0.2, 0.25) is 0 Å². The highest BCUT2D eigenvalue weighted by atomic mass is 16.5. The predicted octanol–water partition coefficient (Wildman–Crippen LogP) is 4.49. The van der Waals surface area contributed by atoms with Crippen molar-refractivity contribution in [2.45, 2.75) is 70.8 Å². The standard InChI is InChI=1S/C17H28O2/c1-3-4-17(18)19-16-11-9-15(10-12-16)14-7-5-13(2)6-8-14/h3,13-16H,1,4-12H2,2H3/t13-,14-,15-,16-. The molecule has 2 nitrogen and oxygen atoms in total. The first-order chi connectivity index (χ1) is 9.19. The van der Waals surface area contributed by atoms with Crippen LogP contribution in [-0.2, 0) is 9.53 Å². The summed E-state index contributed by atoms with van der Waals surface area (Å²) in [6, 6.07) is 0. The molecule has 0 aromatic heterocycles. The van der Waals surface area contributed by atoms with E-state index in [1.54, 1.807) is 6.08 Å². The van der Waals surface area contributed by atoms with Gasteiger partial charge in [-0.3, -0.25) is 4.79 Å². The average molecular weight is 264 g/mol. The number of hydrogen-bond donors (Lipinski definition) is 0. The van der Waals surface area contributed by atoms with Crippen molar-refractivity contribution < 1.29 is 9.53 Å². The molecule has 2 rings (SSSR count). The van der Waals surface area contributed by atoms with Crippen molar-refractivity contribution in [2.24, 2.45) is 17.8 Å². The molecule has 0 bridgehead atoms. The molecule has 0 heterocycles. The minimum atomic E-state index is -0.107. The van der Waals surface area contributed by atoms with Gasteiger partial charge in [-0.2, -0.15) is 0 Å². The van der Waals surface area contributed by atoms with Gasteiger partial charge in [0.2, 0.25) is 0 Å². The van der Waals surface area contributed by atoms with E-state index in [1.807, 2.05) is 0 Å². The van der Waals surface area contributed by atoms with Gasteiger partial charge in [-0.05, 0) is 56.3 Å². The molecular weight excluding hydrogens is 236 g/mol. The van der Waals surface area contributed by atoms with Gasteiger partial charge < -0.3 is 4.74 Å². The summed E-state index contributed by atoms with van der Waals surface area (Å²) in [6.07, 6.45) is 12.5. The molecule has 0 amide bonds. The highest BCUT2D eigenvalue weighted by molar-refractivity contribution is 5.71. The number of carbonyl (C=O) groups is 1. The Morgan fingerprint density at radius 2 is 1.58 bits per heavy atom. The van der Waals surface area contributed by atoms with Gasteiger partial charge in [0.15, 0.2) is 0 Å². The van der Waals surface area contributed by atoms with Crippen LogP contribution in [0.3, 0.4) is 0 Å². The molecule has 0 N–H and O–H groups in total. The zero-order valence-electron chi connectivity index (χ0n) is 12.3. The molecule has 19 heavy (non-hydrogen) atoms. The fourth-order valence-electron chi connectivity index (χ4n) is 3.79. The van der Waals surface area contributed by atoms with E-state index in [0.29, 0.717) is 6.42 Å². The second-order valence-corrected chi connectivity index (χ2v) is 6.54. The van der Waals surface area contributed by atoms with E-state index in [2.05, 4.69) is 13.5 Å². The molecule has 2 aliphatic rings. The van der Waals surface area contributed by atoms with Crippen LogP contribution in [0.5, 0.6) is 0 Å². The van der Waals surface area contributed by atoms with Gasteiger partial charge in [0.25, 0.3) is 0 Å². The van der Waals surface area contributed by atoms with Crippen LogP contribution in [0.1, 0.15) is 64.7 Å². The molecule has 0 radical (unpaired) electrons. The molecular formula is C17H28O2. The van der Waals surface area contributed by atoms with Crippen molar-refractivity contribution in [2.75, 3.05) is 0 Å². The van der Waals surface area contributed by atoms with Crippen LogP contribution in [0.15, 0.2) is 12.7 Å². The summed E-state index contributed by atoms with van der Waals surface area (Å²) < 4.78 is 5.47. The molecule has 0 saturated heterocycles. The minimum Gasteiger partial charge on any atom is -0.462 e. The number of carbonyl (C=O) groups excluding carboxylic acids is 1. The van der Waals surface area contributed by atoms with E-state index in [1.165, 1.54) is 38.5 Å². The van der Waals surface area contributed by atoms with Gasteiger partial charge in [-0.1, -0.05) is 25.8 Å². The summed E-state index contributed by atoms with van der Waals surface area (Å²) in [5.41, 5.74) is 0. The molecule has 0 aliphatic heterocycles. The summed E-state index contributed by atoms with van der Waals surface area (Å²) >= 11 is 0. The molecule has 108 valence electrons. The Bertz CT molecular complexity index is 294.